The molecule has 0 N–H and O–H groups in total. The molecule has 0 radical (unpaired) electrons. The van der Waals surface area contributed by atoms with Crippen molar-refractivity contribution in [3.63, 3.8) is 0 Å². The number of ether oxygens (including phenoxy) is 3. The number of likely N-dealkylation sites (N-methyl/N-ethyl adjacent to an activating group) is 1. The zero-order valence-electron chi connectivity index (χ0n) is 19.7. The van der Waals surface area contributed by atoms with Gasteiger partial charge in [0.05, 0.1) is 14.2 Å². The van der Waals surface area contributed by atoms with Gasteiger partial charge in [-0.25, -0.2) is 9.78 Å². The maximum Gasteiger partial charge on any atom is 0.358 e. The SMILES string of the molecule is COc1ccc(-c2nc(C(=O)OCC(=O)/C=C3/N(C)c4ccccc4C3(C)C)cs2)cc1OC. The minimum atomic E-state index is -0.642. The van der Waals surface area contributed by atoms with Crippen molar-refractivity contribution in [3.8, 4) is 22.1 Å². The van der Waals surface area contributed by atoms with Crippen molar-refractivity contribution in [1.82, 2.24) is 4.98 Å². The van der Waals surface area contributed by atoms with Crippen molar-refractivity contribution in [2.45, 2.75) is 19.3 Å². The van der Waals surface area contributed by atoms with Gasteiger partial charge in [-0.2, -0.15) is 0 Å². The molecule has 7 nitrogen and oxygen atoms in total. The van der Waals surface area contributed by atoms with Gasteiger partial charge in [-0.1, -0.05) is 32.0 Å². The van der Waals surface area contributed by atoms with Gasteiger partial charge in [0.2, 0.25) is 0 Å². The number of anilines is 1. The first-order valence-electron chi connectivity index (χ1n) is 10.7. The zero-order chi connectivity index (χ0) is 24.5. The van der Waals surface area contributed by atoms with Crippen LogP contribution >= 0.6 is 11.3 Å². The van der Waals surface area contributed by atoms with Gasteiger partial charge < -0.3 is 19.1 Å². The van der Waals surface area contributed by atoms with E-state index in [2.05, 4.69) is 24.9 Å². The maximum absolute atomic E-state index is 12.7. The number of carbonyl (C=O) groups excluding carboxylic acids is 2. The third kappa shape index (κ3) is 4.28. The Morgan fingerprint density at radius 3 is 2.53 bits per heavy atom. The number of allylic oxidation sites excluding steroid dienone is 1. The lowest BCUT2D eigenvalue weighted by Gasteiger charge is -2.23. The molecular formula is C26H26N2O5S. The Morgan fingerprint density at radius 1 is 1.09 bits per heavy atom. The van der Waals surface area contributed by atoms with Gasteiger partial charge >= 0.3 is 5.97 Å². The molecule has 8 heteroatoms. The summed E-state index contributed by atoms with van der Waals surface area (Å²) in [7, 11) is 5.06. The molecule has 0 unspecified atom stereocenters. The third-order valence-corrected chi connectivity index (χ3v) is 6.82. The Morgan fingerprint density at radius 2 is 1.82 bits per heavy atom. The van der Waals surface area contributed by atoms with Crippen LogP contribution in [0.2, 0.25) is 0 Å². The highest BCUT2D eigenvalue weighted by Crippen LogP contribution is 2.46. The van der Waals surface area contributed by atoms with Gasteiger partial charge in [0.1, 0.15) is 5.01 Å². The molecule has 2 aromatic carbocycles. The average molecular weight is 479 g/mol. The van der Waals surface area contributed by atoms with Crippen molar-refractivity contribution in [2.75, 3.05) is 32.8 Å². The smallest absolute Gasteiger partial charge is 0.358 e. The predicted molar refractivity (Wildman–Crippen MR) is 132 cm³/mol. The maximum atomic E-state index is 12.7. The monoisotopic (exact) mass is 478 g/mol. The first-order chi connectivity index (χ1) is 16.3. The third-order valence-electron chi connectivity index (χ3n) is 5.93. The molecule has 1 aromatic heterocycles. The van der Waals surface area contributed by atoms with Gasteiger partial charge in [0.25, 0.3) is 0 Å². The summed E-state index contributed by atoms with van der Waals surface area (Å²) < 4.78 is 15.8. The van der Waals surface area contributed by atoms with Gasteiger partial charge in [0, 0.05) is 40.9 Å². The van der Waals surface area contributed by atoms with Crippen molar-refractivity contribution in [3.05, 3.63) is 70.9 Å². The summed E-state index contributed by atoms with van der Waals surface area (Å²) in [6.45, 7) is 3.79. The second-order valence-corrected chi connectivity index (χ2v) is 9.24. The molecule has 0 spiro atoms. The summed E-state index contributed by atoms with van der Waals surface area (Å²) in [6.07, 6.45) is 1.56. The first-order valence-corrected chi connectivity index (χ1v) is 11.6. The Kier molecular flexibility index (Phi) is 6.43. The summed E-state index contributed by atoms with van der Waals surface area (Å²) in [6, 6.07) is 13.5. The number of aromatic nitrogens is 1. The second kappa shape index (κ2) is 9.30. The van der Waals surface area contributed by atoms with Crippen LogP contribution < -0.4 is 14.4 Å². The predicted octanol–water partition coefficient (Wildman–Crippen LogP) is 4.86. The highest BCUT2D eigenvalue weighted by Gasteiger charge is 2.38. The summed E-state index contributed by atoms with van der Waals surface area (Å²) in [4.78, 5) is 31.5. The topological polar surface area (TPSA) is 78.0 Å². The normalized spacial score (nSPS) is 15.2. The van der Waals surface area contributed by atoms with E-state index in [-0.39, 0.29) is 23.5 Å². The van der Waals surface area contributed by atoms with E-state index in [0.717, 1.165) is 22.5 Å². The van der Waals surface area contributed by atoms with Crippen LogP contribution in [0.4, 0.5) is 5.69 Å². The number of benzene rings is 2. The van der Waals surface area contributed by atoms with E-state index in [0.29, 0.717) is 16.5 Å². The van der Waals surface area contributed by atoms with E-state index in [4.69, 9.17) is 14.2 Å². The fourth-order valence-electron chi connectivity index (χ4n) is 4.13. The van der Waals surface area contributed by atoms with E-state index in [1.165, 1.54) is 11.3 Å². The van der Waals surface area contributed by atoms with Crippen LogP contribution in [-0.4, -0.2) is 44.6 Å². The van der Waals surface area contributed by atoms with Crippen molar-refractivity contribution >= 4 is 28.8 Å². The number of hydrogen-bond acceptors (Lipinski definition) is 8. The molecule has 4 rings (SSSR count). The van der Waals surface area contributed by atoms with Gasteiger partial charge in [-0.05, 0) is 29.8 Å². The van der Waals surface area contributed by atoms with Crippen LogP contribution in [-0.2, 0) is 14.9 Å². The minimum Gasteiger partial charge on any atom is -0.493 e. The van der Waals surface area contributed by atoms with Gasteiger partial charge in [0.15, 0.2) is 29.6 Å². The molecule has 0 aliphatic carbocycles. The molecular weight excluding hydrogens is 452 g/mol. The first kappa shape index (κ1) is 23.5. The fraction of sp³-hybridized carbons (Fsp3) is 0.269. The van der Waals surface area contributed by atoms with Crippen LogP contribution in [0.1, 0.15) is 29.9 Å². The second-order valence-electron chi connectivity index (χ2n) is 8.38. The van der Waals surface area contributed by atoms with Crippen molar-refractivity contribution < 1.29 is 23.8 Å². The molecule has 0 amide bonds. The van der Waals surface area contributed by atoms with Crippen LogP contribution in [0.15, 0.2) is 59.6 Å². The summed E-state index contributed by atoms with van der Waals surface area (Å²) >= 11 is 1.31. The largest absolute Gasteiger partial charge is 0.493 e. The number of methoxy groups -OCH3 is 2. The van der Waals surface area contributed by atoms with E-state index in [9.17, 15) is 9.59 Å². The van der Waals surface area contributed by atoms with E-state index in [1.807, 2.05) is 36.2 Å². The highest BCUT2D eigenvalue weighted by atomic mass is 32.1. The lowest BCUT2D eigenvalue weighted by atomic mass is 9.83. The lowest BCUT2D eigenvalue weighted by Crippen LogP contribution is -2.25. The molecule has 176 valence electrons. The van der Waals surface area contributed by atoms with Gasteiger partial charge in [-0.3, -0.25) is 4.79 Å². The molecule has 1 aliphatic heterocycles. The Bertz CT molecular complexity index is 1280. The summed E-state index contributed by atoms with van der Waals surface area (Å²) in [5.41, 5.74) is 3.69. The number of thiazole rings is 1. The molecule has 0 saturated carbocycles. The van der Waals surface area contributed by atoms with Gasteiger partial charge in [-0.15, -0.1) is 11.3 Å². The lowest BCUT2D eigenvalue weighted by molar-refractivity contribution is -0.117. The van der Waals surface area contributed by atoms with Crippen molar-refractivity contribution in [2.24, 2.45) is 0 Å². The number of fused-ring (bicyclic) bond motifs is 1. The average Bonchev–Trinajstić information content (AvgIpc) is 3.41. The number of para-hydroxylation sites is 1. The number of carbonyl (C=O) groups is 2. The van der Waals surface area contributed by atoms with Crippen LogP contribution in [0.25, 0.3) is 10.6 Å². The molecule has 0 atom stereocenters. The molecule has 3 aromatic rings. The fourth-order valence-corrected chi connectivity index (χ4v) is 4.92. The number of rotatable bonds is 7. The summed E-state index contributed by atoms with van der Waals surface area (Å²) in [5, 5.41) is 2.25. The molecule has 2 heterocycles. The summed E-state index contributed by atoms with van der Waals surface area (Å²) in [5.74, 6) is 0.248. The molecule has 0 bridgehead atoms. The Hall–Kier alpha value is -3.65. The van der Waals surface area contributed by atoms with E-state index < -0.39 is 5.97 Å². The minimum absolute atomic E-state index is 0.154. The number of esters is 1. The highest BCUT2D eigenvalue weighted by molar-refractivity contribution is 7.13. The van der Waals surface area contributed by atoms with Crippen LogP contribution in [0.3, 0.4) is 0 Å². The molecule has 0 saturated heterocycles. The zero-order valence-corrected chi connectivity index (χ0v) is 20.6. The molecule has 1 aliphatic rings. The van der Waals surface area contributed by atoms with Crippen molar-refractivity contribution in [1.29, 1.82) is 0 Å². The quantitative estimate of drug-likeness (QED) is 0.354. The van der Waals surface area contributed by atoms with E-state index >= 15 is 0 Å². The van der Waals surface area contributed by atoms with E-state index in [1.54, 1.807) is 37.8 Å². The number of nitrogens with zero attached hydrogens (tertiary/aromatic N) is 2. The van der Waals surface area contributed by atoms with Crippen LogP contribution in [0, 0.1) is 0 Å². The number of hydrogen-bond donors (Lipinski definition) is 0. The Labute approximate surface area is 202 Å². The standard InChI is InChI=1S/C26H26N2O5S/c1-26(2)18-8-6-7-9-20(18)28(3)23(26)13-17(29)14-33-25(30)19-15-34-24(27-19)16-10-11-21(31-4)22(12-16)32-5/h6-13,15H,14H2,1-5H3/b23-13+. The Balaban J connectivity index is 1.43. The molecule has 34 heavy (non-hydrogen) atoms. The molecule has 0 fully saturated rings. The number of ketones is 1. The van der Waals surface area contributed by atoms with Crippen LogP contribution in [0.5, 0.6) is 11.5 Å².